The topological polar surface area (TPSA) is 24.9 Å². The van der Waals surface area contributed by atoms with E-state index in [9.17, 15) is 0 Å². The van der Waals surface area contributed by atoms with Gasteiger partial charge in [0.25, 0.3) is 0 Å². The zero-order valence-electron chi connectivity index (χ0n) is 11.8. The van der Waals surface area contributed by atoms with Gasteiger partial charge in [0.1, 0.15) is 0 Å². The van der Waals surface area contributed by atoms with E-state index >= 15 is 0 Å². The minimum atomic E-state index is 0.300. The summed E-state index contributed by atoms with van der Waals surface area (Å²) in [6.07, 6.45) is 2.79. The van der Waals surface area contributed by atoms with Crippen molar-refractivity contribution >= 4 is 33.8 Å². The molecule has 21 heavy (non-hydrogen) atoms. The van der Waals surface area contributed by atoms with Crippen LogP contribution < -0.4 is 5.32 Å². The SMILES string of the molecule is CCNC(Cc1ccc(Cl)s1)c1ccc2ncccc2c1. The van der Waals surface area contributed by atoms with Crippen LogP contribution in [0.25, 0.3) is 10.9 Å². The maximum absolute atomic E-state index is 6.03. The summed E-state index contributed by atoms with van der Waals surface area (Å²) < 4.78 is 0.850. The lowest BCUT2D eigenvalue weighted by Crippen LogP contribution is -2.22. The van der Waals surface area contributed by atoms with Crippen molar-refractivity contribution in [1.29, 1.82) is 0 Å². The number of rotatable bonds is 5. The van der Waals surface area contributed by atoms with Crippen LogP contribution in [0.2, 0.25) is 4.34 Å². The first-order valence-electron chi connectivity index (χ1n) is 7.08. The number of hydrogen-bond acceptors (Lipinski definition) is 3. The molecule has 0 saturated carbocycles. The molecule has 0 bridgehead atoms. The van der Waals surface area contributed by atoms with Gasteiger partial charge in [0.2, 0.25) is 0 Å². The smallest absolute Gasteiger partial charge is 0.0931 e. The van der Waals surface area contributed by atoms with Crippen molar-refractivity contribution in [3.63, 3.8) is 0 Å². The summed E-state index contributed by atoms with van der Waals surface area (Å²) in [6, 6.07) is 15.0. The molecule has 0 radical (unpaired) electrons. The fraction of sp³-hybridized carbons (Fsp3) is 0.235. The first-order valence-corrected chi connectivity index (χ1v) is 8.28. The fourth-order valence-corrected chi connectivity index (χ4v) is 3.66. The average Bonchev–Trinajstić information content (AvgIpc) is 2.91. The third-order valence-electron chi connectivity index (χ3n) is 3.51. The van der Waals surface area contributed by atoms with Crippen molar-refractivity contribution in [2.75, 3.05) is 6.54 Å². The molecule has 0 aliphatic rings. The number of nitrogens with zero attached hydrogens (tertiary/aromatic N) is 1. The normalized spacial score (nSPS) is 12.7. The van der Waals surface area contributed by atoms with Crippen LogP contribution in [0.5, 0.6) is 0 Å². The molecular weight excluding hydrogens is 300 g/mol. The zero-order valence-corrected chi connectivity index (χ0v) is 13.4. The molecule has 0 aliphatic carbocycles. The molecule has 2 nitrogen and oxygen atoms in total. The highest BCUT2D eigenvalue weighted by molar-refractivity contribution is 7.16. The second-order valence-corrected chi connectivity index (χ2v) is 6.78. The quantitative estimate of drug-likeness (QED) is 0.728. The van der Waals surface area contributed by atoms with Gasteiger partial charge in [-0.15, -0.1) is 11.3 Å². The fourth-order valence-electron chi connectivity index (χ4n) is 2.53. The summed E-state index contributed by atoms with van der Waals surface area (Å²) in [5.41, 5.74) is 2.33. The Bertz CT molecular complexity index is 738. The summed E-state index contributed by atoms with van der Waals surface area (Å²) in [7, 11) is 0. The van der Waals surface area contributed by atoms with Crippen molar-refractivity contribution in [2.24, 2.45) is 0 Å². The molecule has 1 N–H and O–H groups in total. The lowest BCUT2D eigenvalue weighted by molar-refractivity contribution is 0.554. The highest BCUT2D eigenvalue weighted by Crippen LogP contribution is 2.27. The number of aromatic nitrogens is 1. The molecular formula is C17H17ClN2S. The van der Waals surface area contributed by atoms with E-state index in [1.807, 2.05) is 18.3 Å². The maximum atomic E-state index is 6.03. The van der Waals surface area contributed by atoms with Gasteiger partial charge < -0.3 is 5.32 Å². The lowest BCUT2D eigenvalue weighted by atomic mass is 10.0. The monoisotopic (exact) mass is 316 g/mol. The van der Waals surface area contributed by atoms with Crippen LogP contribution in [0.15, 0.2) is 48.7 Å². The highest BCUT2D eigenvalue weighted by atomic mass is 35.5. The maximum Gasteiger partial charge on any atom is 0.0931 e. The first kappa shape index (κ1) is 14.5. The van der Waals surface area contributed by atoms with Gasteiger partial charge >= 0.3 is 0 Å². The summed E-state index contributed by atoms with van der Waals surface area (Å²) in [5.74, 6) is 0. The Morgan fingerprint density at radius 2 is 2.14 bits per heavy atom. The lowest BCUT2D eigenvalue weighted by Gasteiger charge is -2.18. The number of fused-ring (bicyclic) bond motifs is 1. The molecule has 0 aliphatic heterocycles. The Morgan fingerprint density at radius 1 is 1.24 bits per heavy atom. The number of benzene rings is 1. The molecule has 0 fully saturated rings. The predicted molar refractivity (Wildman–Crippen MR) is 91.2 cm³/mol. The number of thiophene rings is 1. The van der Waals surface area contributed by atoms with E-state index in [0.717, 1.165) is 22.8 Å². The Balaban J connectivity index is 1.90. The number of nitrogens with one attached hydrogen (secondary N) is 1. The van der Waals surface area contributed by atoms with Crippen LogP contribution in [0.4, 0.5) is 0 Å². The molecule has 0 spiro atoms. The largest absolute Gasteiger partial charge is 0.310 e. The minimum Gasteiger partial charge on any atom is -0.310 e. The van der Waals surface area contributed by atoms with Crippen molar-refractivity contribution in [3.8, 4) is 0 Å². The number of likely N-dealkylation sites (N-methyl/N-ethyl adjacent to an activating group) is 1. The Kier molecular flexibility index (Phi) is 4.54. The number of hydrogen-bond donors (Lipinski definition) is 1. The summed E-state index contributed by atoms with van der Waals surface area (Å²) in [4.78, 5) is 5.68. The van der Waals surface area contributed by atoms with E-state index in [-0.39, 0.29) is 0 Å². The third-order valence-corrected chi connectivity index (χ3v) is 4.77. The Labute approximate surface area is 133 Å². The van der Waals surface area contributed by atoms with Crippen molar-refractivity contribution in [1.82, 2.24) is 10.3 Å². The van der Waals surface area contributed by atoms with Crippen LogP contribution in [0.3, 0.4) is 0 Å². The molecule has 3 rings (SSSR count). The third kappa shape index (κ3) is 3.43. The molecule has 3 aromatic rings. The molecule has 0 saturated heterocycles. The van der Waals surface area contributed by atoms with Gasteiger partial charge in [0, 0.05) is 28.9 Å². The molecule has 2 aromatic heterocycles. The molecule has 1 atom stereocenters. The summed E-state index contributed by atoms with van der Waals surface area (Å²) in [6.45, 7) is 3.08. The van der Waals surface area contributed by atoms with Gasteiger partial charge in [-0.3, -0.25) is 4.98 Å². The van der Waals surface area contributed by atoms with Gasteiger partial charge in [-0.05, 0) is 42.4 Å². The molecule has 2 heterocycles. The number of pyridine rings is 1. The van der Waals surface area contributed by atoms with E-state index in [1.165, 1.54) is 15.8 Å². The van der Waals surface area contributed by atoms with Gasteiger partial charge in [-0.2, -0.15) is 0 Å². The Hall–Kier alpha value is -1.42. The predicted octanol–water partition coefficient (Wildman–Crippen LogP) is 4.84. The Morgan fingerprint density at radius 3 is 2.90 bits per heavy atom. The second kappa shape index (κ2) is 6.56. The van der Waals surface area contributed by atoms with Gasteiger partial charge in [0.15, 0.2) is 0 Å². The molecule has 1 aromatic carbocycles. The van der Waals surface area contributed by atoms with E-state index in [0.29, 0.717) is 6.04 Å². The second-order valence-electron chi connectivity index (χ2n) is 4.98. The van der Waals surface area contributed by atoms with Crippen LogP contribution in [-0.4, -0.2) is 11.5 Å². The molecule has 108 valence electrons. The standard InChI is InChI=1S/C17H17ClN2S/c1-2-19-16(11-14-6-8-17(18)21-14)13-5-7-15-12(10-13)4-3-9-20-15/h3-10,16,19H,2,11H2,1H3. The van der Waals surface area contributed by atoms with Crippen molar-refractivity contribution in [3.05, 3.63) is 63.4 Å². The van der Waals surface area contributed by atoms with Gasteiger partial charge in [-0.25, -0.2) is 0 Å². The van der Waals surface area contributed by atoms with Gasteiger partial charge in [0.05, 0.1) is 9.85 Å². The number of halogens is 1. The molecule has 1 unspecified atom stereocenters. The van der Waals surface area contributed by atoms with Crippen LogP contribution in [0, 0.1) is 0 Å². The van der Waals surface area contributed by atoms with E-state index in [2.05, 4.69) is 47.6 Å². The van der Waals surface area contributed by atoms with Gasteiger partial charge in [-0.1, -0.05) is 30.7 Å². The summed E-state index contributed by atoms with van der Waals surface area (Å²) in [5, 5.41) is 4.75. The van der Waals surface area contributed by atoms with Crippen LogP contribution >= 0.6 is 22.9 Å². The van der Waals surface area contributed by atoms with E-state index in [4.69, 9.17) is 11.6 Å². The van der Waals surface area contributed by atoms with E-state index < -0.39 is 0 Å². The van der Waals surface area contributed by atoms with Crippen molar-refractivity contribution < 1.29 is 0 Å². The van der Waals surface area contributed by atoms with Crippen LogP contribution in [0.1, 0.15) is 23.4 Å². The van der Waals surface area contributed by atoms with Crippen LogP contribution in [-0.2, 0) is 6.42 Å². The first-order chi connectivity index (χ1) is 10.3. The van der Waals surface area contributed by atoms with E-state index in [1.54, 1.807) is 11.3 Å². The van der Waals surface area contributed by atoms with Crippen molar-refractivity contribution in [2.45, 2.75) is 19.4 Å². The molecule has 0 amide bonds. The average molecular weight is 317 g/mol. The minimum absolute atomic E-state index is 0.300. The zero-order chi connectivity index (χ0) is 14.7. The summed E-state index contributed by atoms with van der Waals surface area (Å²) >= 11 is 7.69. The molecule has 4 heteroatoms. The highest BCUT2D eigenvalue weighted by Gasteiger charge is 2.13.